The molecule has 4 nitrogen and oxygen atoms in total. The Morgan fingerprint density at radius 1 is 1.09 bits per heavy atom. The largest absolute Gasteiger partial charge is 0.414 e. The first-order valence-electron chi connectivity index (χ1n) is 7.12. The van der Waals surface area contributed by atoms with Crippen LogP contribution in [0.4, 0.5) is 0 Å². The molecule has 0 radical (unpaired) electrons. The van der Waals surface area contributed by atoms with Gasteiger partial charge in [-0.1, -0.05) is 35.9 Å². The Morgan fingerprint density at radius 2 is 1.91 bits per heavy atom. The molecule has 6 heteroatoms. The summed E-state index contributed by atoms with van der Waals surface area (Å²) >= 11 is 7.84. The number of benzene rings is 1. The van der Waals surface area contributed by atoms with E-state index in [0.717, 1.165) is 15.5 Å². The molecule has 0 saturated carbocycles. The van der Waals surface area contributed by atoms with E-state index in [4.69, 9.17) is 16.0 Å². The van der Waals surface area contributed by atoms with E-state index >= 15 is 0 Å². The van der Waals surface area contributed by atoms with E-state index in [1.165, 1.54) is 0 Å². The normalized spacial score (nSPS) is 14.0. The molecule has 22 heavy (non-hydrogen) atoms. The van der Waals surface area contributed by atoms with Gasteiger partial charge in [-0.25, -0.2) is 0 Å². The summed E-state index contributed by atoms with van der Waals surface area (Å²) in [6.07, 6.45) is 0. The third kappa shape index (κ3) is 3.21. The molecule has 2 atom stereocenters. The van der Waals surface area contributed by atoms with Crippen molar-refractivity contribution >= 4 is 22.9 Å². The molecule has 2 N–H and O–H groups in total. The maximum absolute atomic E-state index is 6.25. The van der Waals surface area contributed by atoms with E-state index in [9.17, 15) is 0 Å². The highest BCUT2D eigenvalue weighted by Gasteiger charge is 2.22. The van der Waals surface area contributed by atoms with Crippen molar-refractivity contribution in [2.75, 3.05) is 0 Å². The van der Waals surface area contributed by atoms with Crippen LogP contribution in [0.2, 0.25) is 5.02 Å². The fourth-order valence-electron chi connectivity index (χ4n) is 2.38. The first-order valence-corrected chi connectivity index (χ1v) is 8.37. The zero-order valence-electron chi connectivity index (χ0n) is 12.4. The number of nitrogens with zero attached hydrogens (tertiary/aromatic N) is 2. The number of quaternary nitrogens is 1. The molecule has 1 aromatic carbocycles. The monoisotopic (exact) mass is 334 g/mol. The third-order valence-electron chi connectivity index (χ3n) is 3.54. The van der Waals surface area contributed by atoms with Gasteiger partial charge < -0.3 is 9.73 Å². The molecule has 0 unspecified atom stereocenters. The molecule has 0 amide bonds. The second-order valence-corrected chi connectivity index (χ2v) is 6.57. The van der Waals surface area contributed by atoms with Crippen molar-refractivity contribution in [3.63, 3.8) is 0 Å². The number of rotatable bonds is 5. The van der Waals surface area contributed by atoms with E-state index in [1.807, 2.05) is 41.8 Å². The summed E-state index contributed by atoms with van der Waals surface area (Å²) in [6, 6.07) is 12.1. The van der Waals surface area contributed by atoms with Gasteiger partial charge in [0.1, 0.15) is 6.04 Å². The van der Waals surface area contributed by atoms with E-state index in [2.05, 4.69) is 29.4 Å². The molecule has 2 heterocycles. The quantitative estimate of drug-likeness (QED) is 0.771. The Bertz CT molecular complexity index is 741. The highest BCUT2D eigenvalue weighted by atomic mass is 35.5. The summed E-state index contributed by atoms with van der Waals surface area (Å²) in [7, 11) is 0. The minimum absolute atomic E-state index is 0.0625. The molecular formula is C16H17ClN3OS+. The van der Waals surface area contributed by atoms with Gasteiger partial charge in [-0.2, -0.15) is 0 Å². The topological polar surface area (TPSA) is 55.5 Å². The van der Waals surface area contributed by atoms with Gasteiger partial charge in [0.05, 0.1) is 4.88 Å². The lowest BCUT2D eigenvalue weighted by Crippen LogP contribution is -2.85. The lowest BCUT2D eigenvalue weighted by molar-refractivity contribution is -0.730. The summed E-state index contributed by atoms with van der Waals surface area (Å²) in [4.78, 5) is 0.991. The number of hydrogen-bond donors (Lipinski definition) is 1. The van der Waals surface area contributed by atoms with Gasteiger partial charge >= 0.3 is 0 Å². The zero-order chi connectivity index (χ0) is 15.5. The Balaban J connectivity index is 1.72. The smallest absolute Gasteiger partial charge is 0.274 e. The van der Waals surface area contributed by atoms with Crippen LogP contribution in [0, 0.1) is 0 Å². The SMILES string of the molecule is C[C@H]([NH2+][C@H](C)c1ccccc1Cl)c1nnc(-c2cccs2)o1. The second-order valence-electron chi connectivity index (χ2n) is 5.21. The van der Waals surface area contributed by atoms with Crippen LogP contribution >= 0.6 is 22.9 Å². The maximum Gasteiger partial charge on any atom is 0.274 e. The van der Waals surface area contributed by atoms with E-state index in [-0.39, 0.29) is 12.1 Å². The van der Waals surface area contributed by atoms with Crippen molar-refractivity contribution in [2.24, 2.45) is 0 Å². The predicted molar refractivity (Wildman–Crippen MR) is 87.8 cm³/mol. The predicted octanol–water partition coefficient (Wildman–Crippen LogP) is 3.84. The van der Waals surface area contributed by atoms with Crippen molar-refractivity contribution in [1.29, 1.82) is 0 Å². The van der Waals surface area contributed by atoms with Gasteiger partial charge in [-0.05, 0) is 31.4 Å². The fourth-order valence-corrected chi connectivity index (χ4v) is 3.33. The minimum atomic E-state index is 0.0625. The first-order chi connectivity index (χ1) is 10.6. The zero-order valence-corrected chi connectivity index (χ0v) is 13.9. The molecule has 3 rings (SSSR count). The standard InChI is InChI=1S/C16H16ClN3OS/c1-10(12-6-3-4-7-13(12)17)18-11(2)15-19-20-16(21-15)14-8-5-9-22-14/h3-11,18H,1-2H3/p+1/t10-,11+/m1/s1. The fraction of sp³-hybridized carbons (Fsp3) is 0.250. The van der Waals surface area contributed by atoms with Crippen LogP contribution in [0.3, 0.4) is 0 Å². The van der Waals surface area contributed by atoms with Crippen molar-refractivity contribution in [2.45, 2.75) is 25.9 Å². The minimum Gasteiger partial charge on any atom is -0.414 e. The molecule has 0 aliphatic carbocycles. The van der Waals surface area contributed by atoms with Gasteiger partial charge in [0.2, 0.25) is 0 Å². The summed E-state index contributed by atoms with van der Waals surface area (Å²) in [6.45, 7) is 4.17. The molecule has 3 aromatic rings. The molecule has 114 valence electrons. The van der Waals surface area contributed by atoms with Gasteiger partial charge in [0, 0.05) is 10.6 Å². The Morgan fingerprint density at radius 3 is 2.64 bits per heavy atom. The van der Waals surface area contributed by atoms with Crippen LogP contribution in [-0.4, -0.2) is 10.2 Å². The summed E-state index contributed by atoms with van der Waals surface area (Å²) < 4.78 is 5.78. The summed E-state index contributed by atoms with van der Waals surface area (Å²) in [5.74, 6) is 1.21. The molecular weight excluding hydrogens is 318 g/mol. The Kier molecular flexibility index (Phi) is 4.57. The summed E-state index contributed by atoms with van der Waals surface area (Å²) in [5, 5.41) is 13.2. The number of aromatic nitrogens is 2. The number of hydrogen-bond acceptors (Lipinski definition) is 4. The van der Waals surface area contributed by atoms with Crippen LogP contribution in [0.5, 0.6) is 0 Å². The van der Waals surface area contributed by atoms with Gasteiger partial charge in [0.25, 0.3) is 11.8 Å². The van der Waals surface area contributed by atoms with Crippen molar-refractivity contribution in [3.05, 3.63) is 58.3 Å². The van der Waals surface area contributed by atoms with Crippen LogP contribution in [0.25, 0.3) is 10.8 Å². The average molecular weight is 335 g/mol. The van der Waals surface area contributed by atoms with E-state index in [1.54, 1.807) is 11.3 Å². The second kappa shape index (κ2) is 6.60. The maximum atomic E-state index is 6.25. The van der Waals surface area contributed by atoms with Crippen LogP contribution in [0.15, 0.2) is 46.2 Å². The Hall–Kier alpha value is -1.69. The van der Waals surface area contributed by atoms with Gasteiger partial charge in [0.15, 0.2) is 6.04 Å². The van der Waals surface area contributed by atoms with Gasteiger partial charge in [-0.15, -0.1) is 21.5 Å². The summed E-state index contributed by atoms with van der Waals surface area (Å²) in [5.41, 5.74) is 1.11. The van der Waals surface area contributed by atoms with E-state index in [0.29, 0.717) is 11.8 Å². The highest BCUT2D eigenvalue weighted by Crippen LogP contribution is 2.25. The molecule has 0 aliphatic rings. The molecule has 2 aromatic heterocycles. The van der Waals surface area contributed by atoms with Crippen LogP contribution < -0.4 is 5.32 Å². The Labute approximate surface area is 138 Å². The van der Waals surface area contributed by atoms with Crippen molar-refractivity contribution in [1.82, 2.24) is 10.2 Å². The van der Waals surface area contributed by atoms with Crippen molar-refractivity contribution in [3.8, 4) is 10.8 Å². The van der Waals surface area contributed by atoms with Gasteiger partial charge in [-0.3, -0.25) is 0 Å². The van der Waals surface area contributed by atoms with Crippen molar-refractivity contribution < 1.29 is 9.73 Å². The molecule has 0 aliphatic heterocycles. The number of nitrogens with two attached hydrogens (primary N) is 1. The van der Waals surface area contributed by atoms with E-state index < -0.39 is 0 Å². The molecule has 0 bridgehead atoms. The molecule has 0 spiro atoms. The average Bonchev–Trinajstić information content (AvgIpc) is 3.18. The van der Waals surface area contributed by atoms with Crippen LogP contribution in [-0.2, 0) is 0 Å². The number of thiophene rings is 1. The highest BCUT2D eigenvalue weighted by molar-refractivity contribution is 7.13. The molecule has 0 fully saturated rings. The van der Waals surface area contributed by atoms with Crippen LogP contribution in [0.1, 0.15) is 37.4 Å². The lowest BCUT2D eigenvalue weighted by Gasteiger charge is -2.15. The first kappa shape index (κ1) is 15.2. The molecule has 0 saturated heterocycles. The third-order valence-corrected chi connectivity index (χ3v) is 4.74. The number of halogens is 1. The lowest BCUT2D eigenvalue weighted by atomic mass is 10.1.